The summed E-state index contributed by atoms with van der Waals surface area (Å²) in [4.78, 5) is 29.2. The molecule has 4 rings (SSSR count). The average Bonchev–Trinajstić information content (AvgIpc) is 3.45. The Morgan fingerprint density at radius 3 is 2.67 bits per heavy atom. The Hall–Kier alpha value is -3.65. The van der Waals surface area contributed by atoms with Gasteiger partial charge in [-0.15, -0.1) is 0 Å². The number of aromatic nitrogens is 2. The number of carbonyl (C=O) groups is 2. The first-order valence-corrected chi connectivity index (χ1v) is 10.2. The number of para-hydroxylation sites is 1. The van der Waals surface area contributed by atoms with Crippen molar-refractivity contribution in [3.8, 4) is 10.9 Å². The van der Waals surface area contributed by atoms with E-state index in [4.69, 9.17) is 4.74 Å². The maximum atomic E-state index is 12.5. The van der Waals surface area contributed by atoms with Crippen molar-refractivity contribution in [2.24, 2.45) is 0 Å². The molecule has 0 aliphatic heterocycles. The largest absolute Gasteiger partial charge is 0.496 e. The number of methoxy groups -OCH3 is 1. The van der Waals surface area contributed by atoms with E-state index in [2.05, 4.69) is 15.6 Å². The first-order chi connectivity index (χ1) is 14.6. The van der Waals surface area contributed by atoms with Gasteiger partial charge in [0, 0.05) is 30.1 Å². The van der Waals surface area contributed by atoms with Gasteiger partial charge in [-0.25, -0.2) is 4.98 Å². The third-order valence-corrected chi connectivity index (χ3v) is 5.57. The third kappa shape index (κ3) is 4.33. The van der Waals surface area contributed by atoms with E-state index in [9.17, 15) is 9.59 Å². The van der Waals surface area contributed by atoms with Crippen molar-refractivity contribution >= 4 is 33.4 Å². The minimum atomic E-state index is -0.305. The molecule has 2 aromatic carbocycles. The SMILES string of the molecule is COc1ccccc1CNC(=O)CNC(=O)c1ccc2nc(-n3cccc3)sc2c1. The zero-order valence-electron chi connectivity index (χ0n) is 16.3. The molecule has 30 heavy (non-hydrogen) atoms. The summed E-state index contributed by atoms with van der Waals surface area (Å²) >= 11 is 1.50. The summed E-state index contributed by atoms with van der Waals surface area (Å²) in [5.74, 6) is 0.127. The molecule has 2 aromatic heterocycles. The molecule has 2 heterocycles. The molecular formula is C22H20N4O3S. The maximum Gasteiger partial charge on any atom is 0.251 e. The summed E-state index contributed by atoms with van der Waals surface area (Å²) in [7, 11) is 1.59. The van der Waals surface area contributed by atoms with E-state index in [1.807, 2.05) is 59.4 Å². The van der Waals surface area contributed by atoms with Gasteiger partial charge in [0.2, 0.25) is 5.91 Å². The van der Waals surface area contributed by atoms with Crippen molar-refractivity contribution < 1.29 is 14.3 Å². The van der Waals surface area contributed by atoms with Gasteiger partial charge in [0.25, 0.3) is 5.91 Å². The lowest BCUT2D eigenvalue weighted by Crippen LogP contribution is -2.36. The van der Waals surface area contributed by atoms with Crippen molar-refractivity contribution in [3.63, 3.8) is 0 Å². The Bertz CT molecular complexity index is 1180. The summed E-state index contributed by atoms with van der Waals surface area (Å²) < 4.78 is 8.10. The van der Waals surface area contributed by atoms with Crippen LogP contribution in [0.5, 0.6) is 5.75 Å². The molecule has 4 aromatic rings. The van der Waals surface area contributed by atoms with Crippen LogP contribution in [0.25, 0.3) is 15.3 Å². The Morgan fingerprint density at radius 2 is 1.87 bits per heavy atom. The van der Waals surface area contributed by atoms with Gasteiger partial charge < -0.3 is 19.9 Å². The highest BCUT2D eigenvalue weighted by atomic mass is 32.1. The van der Waals surface area contributed by atoms with Gasteiger partial charge in [0.1, 0.15) is 5.75 Å². The second-order valence-electron chi connectivity index (χ2n) is 6.54. The Kier molecular flexibility index (Phi) is 5.76. The number of amides is 2. The topological polar surface area (TPSA) is 85.2 Å². The highest BCUT2D eigenvalue weighted by Gasteiger charge is 2.12. The lowest BCUT2D eigenvalue weighted by Gasteiger charge is -2.10. The lowest BCUT2D eigenvalue weighted by molar-refractivity contribution is -0.120. The van der Waals surface area contributed by atoms with Crippen LogP contribution in [0.1, 0.15) is 15.9 Å². The number of nitrogens with zero attached hydrogens (tertiary/aromatic N) is 2. The normalized spacial score (nSPS) is 10.7. The van der Waals surface area contributed by atoms with Crippen LogP contribution in [0.2, 0.25) is 0 Å². The Morgan fingerprint density at radius 1 is 1.07 bits per heavy atom. The van der Waals surface area contributed by atoms with Gasteiger partial charge in [0.05, 0.1) is 23.9 Å². The van der Waals surface area contributed by atoms with E-state index in [0.717, 1.165) is 20.9 Å². The zero-order valence-corrected chi connectivity index (χ0v) is 17.1. The smallest absolute Gasteiger partial charge is 0.251 e. The van der Waals surface area contributed by atoms with E-state index in [1.54, 1.807) is 19.2 Å². The van der Waals surface area contributed by atoms with Crippen LogP contribution in [-0.2, 0) is 11.3 Å². The molecule has 0 unspecified atom stereocenters. The van der Waals surface area contributed by atoms with Crippen LogP contribution >= 0.6 is 11.3 Å². The third-order valence-electron chi connectivity index (χ3n) is 4.54. The number of rotatable bonds is 7. The zero-order chi connectivity index (χ0) is 20.9. The molecule has 0 saturated heterocycles. The monoisotopic (exact) mass is 420 g/mol. The van der Waals surface area contributed by atoms with E-state index >= 15 is 0 Å². The standard InChI is InChI=1S/C22H20N4O3S/c1-29-18-7-3-2-6-16(18)13-23-20(27)14-24-21(28)15-8-9-17-19(12-15)30-22(25-17)26-10-4-5-11-26/h2-12H,13-14H2,1H3,(H,23,27)(H,24,28). The molecule has 0 saturated carbocycles. The molecule has 8 heteroatoms. The summed E-state index contributed by atoms with van der Waals surface area (Å²) in [6.07, 6.45) is 3.85. The minimum Gasteiger partial charge on any atom is -0.496 e. The Balaban J connectivity index is 1.35. The highest BCUT2D eigenvalue weighted by Crippen LogP contribution is 2.26. The van der Waals surface area contributed by atoms with Gasteiger partial charge in [-0.05, 0) is 36.4 Å². The van der Waals surface area contributed by atoms with Gasteiger partial charge in [-0.2, -0.15) is 0 Å². The summed E-state index contributed by atoms with van der Waals surface area (Å²) in [5.41, 5.74) is 2.19. The molecule has 2 amide bonds. The molecule has 0 radical (unpaired) electrons. The molecule has 0 fully saturated rings. The molecule has 152 valence electrons. The number of ether oxygens (including phenoxy) is 1. The number of fused-ring (bicyclic) bond motifs is 1. The second kappa shape index (κ2) is 8.79. The van der Waals surface area contributed by atoms with Gasteiger partial charge in [-0.1, -0.05) is 29.5 Å². The van der Waals surface area contributed by atoms with Crippen LogP contribution in [0.3, 0.4) is 0 Å². The van der Waals surface area contributed by atoms with Crippen LogP contribution in [-0.4, -0.2) is 35.0 Å². The highest BCUT2D eigenvalue weighted by molar-refractivity contribution is 7.20. The van der Waals surface area contributed by atoms with Crippen molar-refractivity contribution in [3.05, 3.63) is 78.1 Å². The lowest BCUT2D eigenvalue weighted by atomic mass is 10.2. The molecule has 0 spiro atoms. The maximum absolute atomic E-state index is 12.5. The number of benzene rings is 2. The quantitative estimate of drug-likeness (QED) is 0.481. The first-order valence-electron chi connectivity index (χ1n) is 9.35. The van der Waals surface area contributed by atoms with Crippen molar-refractivity contribution in [1.82, 2.24) is 20.2 Å². The van der Waals surface area contributed by atoms with E-state index in [0.29, 0.717) is 17.9 Å². The van der Waals surface area contributed by atoms with Gasteiger partial charge >= 0.3 is 0 Å². The van der Waals surface area contributed by atoms with E-state index in [-0.39, 0.29) is 18.4 Å². The fourth-order valence-electron chi connectivity index (χ4n) is 2.99. The fourth-order valence-corrected chi connectivity index (χ4v) is 3.97. The average molecular weight is 420 g/mol. The number of hydrogen-bond donors (Lipinski definition) is 2. The predicted octanol–water partition coefficient (Wildman–Crippen LogP) is 3.14. The van der Waals surface area contributed by atoms with Crippen LogP contribution < -0.4 is 15.4 Å². The molecular weight excluding hydrogens is 400 g/mol. The number of nitrogens with one attached hydrogen (secondary N) is 2. The molecule has 7 nitrogen and oxygen atoms in total. The summed E-state index contributed by atoms with van der Waals surface area (Å²) in [6.45, 7) is 0.219. The summed E-state index contributed by atoms with van der Waals surface area (Å²) in [5, 5.41) is 6.28. The second-order valence-corrected chi connectivity index (χ2v) is 7.55. The number of carbonyl (C=O) groups excluding carboxylic acids is 2. The van der Waals surface area contributed by atoms with Crippen LogP contribution in [0.4, 0.5) is 0 Å². The number of thiazole rings is 1. The van der Waals surface area contributed by atoms with Crippen molar-refractivity contribution in [2.75, 3.05) is 13.7 Å². The molecule has 0 aliphatic carbocycles. The number of hydrogen-bond acceptors (Lipinski definition) is 5. The van der Waals surface area contributed by atoms with Crippen LogP contribution in [0, 0.1) is 0 Å². The molecule has 0 bridgehead atoms. The minimum absolute atomic E-state index is 0.108. The molecule has 2 N–H and O–H groups in total. The Labute approximate surface area is 177 Å². The fraction of sp³-hybridized carbons (Fsp3) is 0.136. The molecule has 0 atom stereocenters. The molecule has 0 aliphatic rings. The van der Waals surface area contributed by atoms with Gasteiger partial charge in [0.15, 0.2) is 5.13 Å². The summed E-state index contributed by atoms with van der Waals surface area (Å²) in [6, 6.07) is 16.6. The van der Waals surface area contributed by atoms with E-state index < -0.39 is 0 Å². The predicted molar refractivity (Wildman–Crippen MR) is 116 cm³/mol. The van der Waals surface area contributed by atoms with Crippen molar-refractivity contribution in [2.45, 2.75) is 6.54 Å². The van der Waals surface area contributed by atoms with Crippen molar-refractivity contribution in [1.29, 1.82) is 0 Å². The van der Waals surface area contributed by atoms with E-state index in [1.165, 1.54) is 11.3 Å². The van der Waals surface area contributed by atoms with Crippen LogP contribution in [0.15, 0.2) is 67.0 Å². The first kappa shape index (κ1) is 19.7. The van der Waals surface area contributed by atoms with Gasteiger partial charge in [-0.3, -0.25) is 9.59 Å².